The maximum atomic E-state index is 12.9. The third-order valence-electron chi connectivity index (χ3n) is 4.49. The van der Waals surface area contributed by atoms with Crippen molar-refractivity contribution in [3.05, 3.63) is 35.5 Å². The maximum Gasteiger partial charge on any atom is 0.264 e. The SMILES string of the molecule is O=C(c1cc(-c2cccnc2)c(N2CCOCC2)s1)N1CCOCC1. The van der Waals surface area contributed by atoms with Crippen LogP contribution in [0.4, 0.5) is 5.00 Å². The molecule has 0 atom stereocenters. The van der Waals surface area contributed by atoms with Gasteiger partial charge >= 0.3 is 0 Å². The van der Waals surface area contributed by atoms with E-state index < -0.39 is 0 Å². The molecule has 1 amide bonds. The number of aromatic nitrogens is 1. The van der Waals surface area contributed by atoms with Crippen molar-refractivity contribution >= 4 is 22.2 Å². The molecule has 0 unspecified atom stereocenters. The van der Waals surface area contributed by atoms with Crippen LogP contribution in [-0.4, -0.2) is 68.4 Å². The van der Waals surface area contributed by atoms with E-state index in [2.05, 4.69) is 9.88 Å². The molecule has 0 N–H and O–H groups in total. The lowest BCUT2D eigenvalue weighted by atomic mass is 10.1. The van der Waals surface area contributed by atoms with Crippen LogP contribution in [0.5, 0.6) is 0 Å². The van der Waals surface area contributed by atoms with Gasteiger partial charge in [0.25, 0.3) is 5.91 Å². The standard InChI is InChI=1S/C18H21N3O3S/c22-17(20-4-8-23-9-5-20)16-12-15(14-2-1-3-19-13-14)18(25-16)21-6-10-24-11-7-21/h1-3,12-13H,4-11H2. The first-order chi connectivity index (χ1) is 12.3. The monoisotopic (exact) mass is 359 g/mol. The van der Waals surface area contributed by atoms with Crippen molar-refractivity contribution in [3.63, 3.8) is 0 Å². The molecule has 2 saturated heterocycles. The zero-order valence-electron chi connectivity index (χ0n) is 14.0. The fraction of sp³-hybridized carbons (Fsp3) is 0.444. The molecular formula is C18H21N3O3S. The van der Waals surface area contributed by atoms with Gasteiger partial charge in [0.1, 0.15) is 0 Å². The predicted molar refractivity (Wildman–Crippen MR) is 97.3 cm³/mol. The molecule has 7 heteroatoms. The topological polar surface area (TPSA) is 54.9 Å². The molecule has 0 aliphatic carbocycles. The normalized spacial score (nSPS) is 18.4. The van der Waals surface area contributed by atoms with Gasteiger partial charge in [-0.25, -0.2) is 0 Å². The van der Waals surface area contributed by atoms with Gasteiger partial charge in [-0.15, -0.1) is 11.3 Å². The molecule has 0 radical (unpaired) electrons. The summed E-state index contributed by atoms with van der Waals surface area (Å²) < 4.78 is 10.8. The van der Waals surface area contributed by atoms with Crippen LogP contribution in [0.25, 0.3) is 11.1 Å². The summed E-state index contributed by atoms with van der Waals surface area (Å²) in [6.45, 7) is 5.68. The summed E-state index contributed by atoms with van der Waals surface area (Å²) in [5.74, 6) is 0.0953. The van der Waals surface area contributed by atoms with Crippen LogP contribution in [0.1, 0.15) is 9.67 Å². The molecule has 4 rings (SSSR count). The van der Waals surface area contributed by atoms with Crippen LogP contribution in [0.3, 0.4) is 0 Å². The summed E-state index contributed by atoms with van der Waals surface area (Å²) in [5.41, 5.74) is 2.12. The van der Waals surface area contributed by atoms with Crippen molar-refractivity contribution in [1.82, 2.24) is 9.88 Å². The summed E-state index contributed by atoms with van der Waals surface area (Å²) in [7, 11) is 0. The van der Waals surface area contributed by atoms with Crippen molar-refractivity contribution < 1.29 is 14.3 Å². The van der Waals surface area contributed by atoms with E-state index >= 15 is 0 Å². The van der Waals surface area contributed by atoms with E-state index in [0.29, 0.717) is 26.3 Å². The van der Waals surface area contributed by atoms with E-state index in [1.54, 1.807) is 17.5 Å². The van der Waals surface area contributed by atoms with Gasteiger partial charge in [-0.2, -0.15) is 0 Å². The number of anilines is 1. The smallest absolute Gasteiger partial charge is 0.264 e. The number of hydrogen-bond acceptors (Lipinski definition) is 6. The third-order valence-corrected chi connectivity index (χ3v) is 5.68. The van der Waals surface area contributed by atoms with Crippen LogP contribution in [0.2, 0.25) is 0 Å². The number of hydrogen-bond donors (Lipinski definition) is 0. The van der Waals surface area contributed by atoms with Gasteiger partial charge in [0, 0.05) is 49.7 Å². The van der Waals surface area contributed by atoms with Gasteiger partial charge in [0.05, 0.1) is 36.3 Å². The van der Waals surface area contributed by atoms with E-state index in [0.717, 1.165) is 47.3 Å². The average Bonchev–Trinajstić information content (AvgIpc) is 3.15. The number of pyridine rings is 1. The molecule has 4 heterocycles. The fourth-order valence-corrected chi connectivity index (χ4v) is 4.34. The highest BCUT2D eigenvalue weighted by atomic mass is 32.1. The zero-order chi connectivity index (χ0) is 17.1. The molecule has 0 spiro atoms. The Kier molecular flexibility index (Phi) is 4.96. The Morgan fingerprint density at radius 3 is 2.48 bits per heavy atom. The summed E-state index contributed by atoms with van der Waals surface area (Å²) in [4.78, 5) is 22.1. The Balaban J connectivity index is 1.68. The molecule has 2 aliphatic rings. The third kappa shape index (κ3) is 3.53. The van der Waals surface area contributed by atoms with E-state index in [1.807, 2.05) is 29.3 Å². The number of ether oxygens (including phenoxy) is 2. The molecule has 132 valence electrons. The lowest BCUT2D eigenvalue weighted by molar-refractivity contribution is 0.0306. The molecular weight excluding hydrogens is 338 g/mol. The Hall–Kier alpha value is -1.96. The van der Waals surface area contributed by atoms with Crippen molar-refractivity contribution in [1.29, 1.82) is 0 Å². The van der Waals surface area contributed by atoms with E-state index in [1.165, 1.54) is 0 Å². The lowest BCUT2D eigenvalue weighted by Gasteiger charge is -2.28. The number of carbonyl (C=O) groups excluding carboxylic acids is 1. The second-order valence-electron chi connectivity index (χ2n) is 6.08. The van der Waals surface area contributed by atoms with Crippen LogP contribution in [0.15, 0.2) is 30.6 Å². The number of rotatable bonds is 3. The van der Waals surface area contributed by atoms with Gasteiger partial charge in [-0.3, -0.25) is 9.78 Å². The lowest BCUT2D eigenvalue weighted by Crippen LogP contribution is -2.40. The van der Waals surface area contributed by atoms with E-state index in [-0.39, 0.29) is 5.91 Å². The highest BCUT2D eigenvalue weighted by Crippen LogP contribution is 2.39. The second kappa shape index (κ2) is 7.51. The fourth-order valence-electron chi connectivity index (χ4n) is 3.14. The van der Waals surface area contributed by atoms with Crippen molar-refractivity contribution in [3.8, 4) is 11.1 Å². The number of thiophene rings is 1. The predicted octanol–water partition coefficient (Wildman–Crippen LogP) is 2.12. The number of amides is 1. The van der Waals surface area contributed by atoms with Gasteiger partial charge in [0.2, 0.25) is 0 Å². The van der Waals surface area contributed by atoms with E-state index in [9.17, 15) is 4.79 Å². The minimum absolute atomic E-state index is 0.0953. The number of nitrogens with zero attached hydrogens (tertiary/aromatic N) is 3. The molecule has 0 saturated carbocycles. The molecule has 2 aromatic heterocycles. The zero-order valence-corrected chi connectivity index (χ0v) is 14.8. The highest BCUT2D eigenvalue weighted by Gasteiger charge is 2.25. The van der Waals surface area contributed by atoms with E-state index in [4.69, 9.17) is 9.47 Å². The molecule has 2 aromatic rings. The Morgan fingerprint density at radius 1 is 1.08 bits per heavy atom. The Labute approximate surface area is 151 Å². The van der Waals surface area contributed by atoms with Crippen LogP contribution < -0.4 is 4.90 Å². The molecule has 0 aromatic carbocycles. The first kappa shape index (κ1) is 16.5. The van der Waals surface area contributed by atoms with Crippen molar-refractivity contribution in [2.24, 2.45) is 0 Å². The van der Waals surface area contributed by atoms with Crippen molar-refractivity contribution in [2.75, 3.05) is 57.5 Å². The molecule has 0 bridgehead atoms. The minimum atomic E-state index is 0.0953. The molecule has 2 fully saturated rings. The number of carbonyl (C=O) groups is 1. The second-order valence-corrected chi connectivity index (χ2v) is 7.11. The molecule has 25 heavy (non-hydrogen) atoms. The van der Waals surface area contributed by atoms with Crippen molar-refractivity contribution in [2.45, 2.75) is 0 Å². The average molecular weight is 359 g/mol. The van der Waals surface area contributed by atoms with Crippen LogP contribution in [0, 0.1) is 0 Å². The Morgan fingerprint density at radius 2 is 1.80 bits per heavy atom. The quantitative estimate of drug-likeness (QED) is 0.840. The summed E-state index contributed by atoms with van der Waals surface area (Å²) in [5, 5.41) is 1.13. The largest absolute Gasteiger partial charge is 0.378 e. The van der Waals surface area contributed by atoms with Gasteiger partial charge < -0.3 is 19.3 Å². The number of morpholine rings is 2. The highest BCUT2D eigenvalue weighted by molar-refractivity contribution is 7.18. The minimum Gasteiger partial charge on any atom is -0.378 e. The first-order valence-corrected chi connectivity index (χ1v) is 9.38. The Bertz CT molecular complexity index is 722. The van der Waals surface area contributed by atoms with Gasteiger partial charge in [-0.1, -0.05) is 6.07 Å². The molecule has 2 aliphatic heterocycles. The van der Waals surface area contributed by atoms with Gasteiger partial charge in [0.15, 0.2) is 0 Å². The summed E-state index contributed by atoms with van der Waals surface area (Å²) >= 11 is 1.57. The first-order valence-electron chi connectivity index (χ1n) is 8.57. The summed E-state index contributed by atoms with van der Waals surface area (Å²) in [6, 6.07) is 5.99. The summed E-state index contributed by atoms with van der Waals surface area (Å²) in [6.07, 6.45) is 3.62. The molecule has 6 nitrogen and oxygen atoms in total. The van der Waals surface area contributed by atoms with Crippen LogP contribution in [-0.2, 0) is 9.47 Å². The van der Waals surface area contributed by atoms with Crippen LogP contribution >= 0.6 is 11.3 Å². The van der Waals surface area contributed by atoms with Gasteiger partial charge in [-0.05, 0) is 12.1 Å². The maximum absolute atomic E-state index is 12.9.